The molecule has 2 aliphatic rings. The molecule has 0 aromatic heterocycles. The maximum Gasteiger partial charge on any atom is 0.303 e. The molecule has 1 saturated heterocycles. The van der Waals surface area contributed by atoms with Gasteiger partial charge in [-0.05, 0) is 43.9 Å². The first kappa shape index (κ1) is 23.4. The molecule has 0 aromatic rings. The molecule has 2 rings (SSSR count). The van der Waals surface area contributed by atoms with Crippen LogP contribution in [0.5, 0.6) is 0 Å². The van der Waals surface area contributed by atoms with Gasteiger partial charge < -0.3 is 20.1 Å². The first-order valence-electron chi connectivity index (χ1n) is 11.4. The van der Waals surface area contributed by atoms with Gasteiger partial charge in [0.1, 0.15) is 0 Å². The zero-order valence-corrected chi connectivity index (χ0v) is 17.5. The summed E-state index contributed by atoms with van der Waals surface area (Å²) in [6, 6.07) is 0. The van der Waals surface area contributed by atoms with Crippen LogP contribution < -0.4 is 0 Å². The van der Waals surface area contributed by atoms with Gasteiger partial charge in [0.2, 0.25) is 0 Å². The Balaban J connectivity index is 1.77. The molecule has 1 saturated carbocycles. The Hall–Kier alpha value is -0.910. The van der Waals surface area contributed by atoms with Gasteiger partial charge in [-0.2, -0.15) is 0 Å². The predicted octanol–water partition coefficient (Wildman–Crippen LogP) is 4.31. The zero-order valence-electron chi connectivity index (χ0n) is 17.5. The van der Waals surface area contributed by atoms with Crippen LogP contribution in [0, 0.1) is 17.8 Å². The fraction of sp³-hybridized carbons (Fsp3) is 0.870. The molecule has 2 fully saturated rings. The monoisotopic (exact) mass is 396 g/mol. The molecule has 0 spiro atoms. The third-order valence-electron chi connectivity index (χ3n) is 6.51. The second-order valence-corrected chi connectivity index (χ2v) is 8.80. The van der Waals surface area contributed by atoms with Crippen LogP contribution in [0.4, 0.5) is 0 Å². The maximum atomic E-state index is 10.7. The lowest BCUT2D eigenvalue weighted by atomic mass is 9.86. The van der Waals surface area contributed by atoms with Gasteiger partial charge in [-0.15, -0.1) is 0 Å². The van der Waals surface area contributed by atoms with E-state index in [4.69, 9.17) is 9.84 Å². The molecule has 1 heterocycles. The molecular weight excluding hydrogens is 356 g/mol. The van der Waals surface area contributed by atoms with Gasteiger partial charge in [0, 0.05) is 25.4 Å². The maximum absolute atomic E-state index is 10.7. The summed E-state index contributed by atoms with van der Waals surface area (Å²) in [4.78, 5) is 10.7. The summed E-state index contributed by atoms with van der Waals surface area (Å²) in [5, 5.41) is 29.5. The number of carbonyl (C=O) groups is 1. The summed E-state index contributed by atoms with van der Waals surface area (Å²) in [5.74, 6) is 0.0362. The van der Waals surface area contributed by atoms with E-state index in [2.05, 4.69) is 6.92 Å². The van der Waals surface area contributed by atoms with Crippen LogP contribution in [0.2, 0.25) is 0 Å². The van der Waals surface area contributed by atoms with Crippen LogP contribution in [-0.4, -0.2) is 46.2 Å². The highest BCUT2D eigenvalue weighted by Crippen LogP contribution is 2.42. The standard InChI is InChI=1S/C23H40O5/c1-2-3-4-5-6-9-18(24)12-14-19-20-13-11-17(8-7-10-23(26)27)16-28-22(20)15-21(19)25/h12,14,17-22,24-25H,2-11,13,15-16H2,1H3,(H,26,27)/b14-12+/t17-,18-,19+,20+,21+,22-/m0/s1. The van der Waals surface area contributed by atoms with Crippen molar-refractivity contribution in [3.63, 3.8) is 0 Å². The number of fused-ring (bicyclic) bond motifs is 1. The van der Waals surface area contributed by atoms with Gasteiger partial charge in [-0.3, -0.25) is 4.79 Å². The molecule has 1 aliphatic heterocycles. The van der Waals surface area contributed by atoms with Crippen molar-refractivity contribution in [2.75, 3.05) is 6.61 Å². The van der Waals surface area contributed by atoms with Crippen LogP contribution in [0.25, 0.3) is 0 Å². The summed E-state index contributed by atoms with van der Waals surface area (Å²) in [6.45, 7) is 2.87. The summed E-state index contributed by atoms with van der Waals surface area (Å²) in [6.07, 6.45) is 14.4. The highest BCUT2D eigenvalue weighted by Gasteiger charge is 2.43. The Morgan fingerprint density at radius 2 is 1.96 bits per heavy atom. The third kappa shape index (κ3) is 7.84. The number of aliphatic carboxylic acids is 1. The van der Waals surface area contributed by atoms with Gasteiger partial charge in [0.15, 0.2) is 0 Å². The fourth-order valence-corrected chi connectivity index (χ4v) is 4.79. The van der Waals surface area contributed by atoms with E-state index < -0.39 is 18.2 Å². The first-order valence-corrected chi connectivity index (χ1v) is 11.4. The quantitative estimate of drug-likeness (QED) is 0.338. The van der Waals surface area contributed by atoms with E-state index in [0.29, 0.717) is 31.3 Å². The Labute approximate surface area is 170 Å². The molecular formula is C23H40O5. The van der Waals surface area contributed by atoms with Gasteiger partial charge in [0.05, 0.1) is 18.3 Å². The average molecular weight is 397 g/mol. The Bertz CT molecular complexity index is 478. The molecule has 0 aromatic carbocycles. The van der Waals surface area contributed by atoms with E-state index >= 15 is 0 Å². The van der Waals surface area contributed by atoms with E-state index in [-0.39, 0.29) is 18.4 Å². The van der Waals surface area contributed by atoms with Crippen LogP contribution in [0.1, 0.15) is 84.0 Å². The normalized spacial score (nSPS) is 31.6. The minimum atomic E-state index is -0.733. The summed E-state index contributed by atoms with van der Waals surface area (Å²) in [7, 11) is 0. The van der Waals surface area contributed by atoms with Crippen molar-refractivity contribution in [3.05, 3.63) is 12.2 Å². The molecule has 0 amide bonds. The van der Waals surface area contributed by atoms with Crippen molar-refractivity contribution in [1.29, 1.82) is 0 Å². The number of aliphatic hydroxyl groups is 2. The van der Waals surface area contributed by atoms with Gasteiger partial charge in [-0.25, -0.2) is 0 Å². The van der Waals surface area contributed by atoms with Crippen LogP contribution >= 0.6 is 0 Å². The fourth-order valence-electron chi connectivity index (χ4n) is 4.79. The van der Waals surface area contributed by atoms with Crippen molar-refractivity contribution < 1.29 is 24.9 Å². The number of carboxylic acid groups (broad SMARTS) is 1. The lowest BCUT2D eigenvalue weighted by molar-refractivity contribution is -0.137. The number of unbranched alkanes of at least 4 members (excludes halogenated alkanes) is 4. The van der Waals surface area contributed by atoms with Crippen LogP contribution in [-0.2, 0) is 9.53 Å². The summed E-state index contributed by atoms with van der Waals surface area (Å²) >= 11 is 0. The number of rotatable bonds is 12. The molecule has 6 atom stereocenters. The second kappa shape index (κ2) is 12.6. The van der Waals surface area contributed by atoms with E-state index in [0.717, 1.165) is 32.1 Å². The number of ether oxygens (including phenoxy) is 1. The number of carboxylic acids is 1. The lowest BCUT2D eigenvalue weighted by Crippen LogP contribution is -2.21. The molecule has 3 N–H and O–H groups in total. The third-order valence-corrected chi connectivity index (χ3v) is 6.51. The van der Waals surface area contributed by atoms with Crippen molar-refractivity contribution in [2.45, 2.75) is 102 Å². The Morgan fingerprint density at radius 3 is 2.71 bits per heavy atom. The van der Waals surface area contributed by atoms with E-state index in [9.17, 15) is 15.0 Å². The summed E-state index contributed by atoms with van der Waals surface area (Å²) in [5.41, 5.74) is 0. The van der Waals surface area contributed by atoms with E-state index in [1.807, 2.05) is 12.2 Å². The largest absolute Gasteiger partial charge is 0.481 e. The van der Waals surface area contributed by atoms with Gasteiger partial charge in [0.25, 0.3) is 0 Å². The Morgan fingerprint density at radius 1 is 1.18 bits per heavy atom. The lowest BCUT2D eigenvalue weighted by Gasteiger charge is -2.21. The minimum Gasteiger partial charge on any atom is -0.481 e. The molecule has 28 heavy (non-hydrogen) atoms. The molecule has 5 heteroatoms. The SMILES string of the molecule is CCCCCCC[C@H](O)/C=C/[C@@H]1[C@H]2CC[C@H](CCCC(=O)O)CO[C@H]2C[C@H]1O. The molecule has 1 aliphatic carbocycles. The summed E-state index contributed by atoms with van der Waals surface area (Å²) < 4.78 is 6.10. The zero-order chi connectivity index (χ0) is 20.4. The second-order valence-electron chi connectivity index (χ2n) is 8.80. The van der Waals surface area contributed by atoms with Crippen LogP contribution in [0.15, 0.2) is 12.2 Å². The van der Waals surface area contributed by atoms with E-state index in [1.165, 1.54) is 25.7 Å². The van der Waals surface area contributed by atoms with E-state index in [1.54, 1.807) is 0 Å². The Kier molecular flexibility index (Phi) is 10.5. The van der Waals surface area contributed by atoms with Crippen molar-refractivity contribution in [2.24, 2.45) is 17.8 Å². The number of aliphatic hydroxyl groups excluding tert-OH is 2. The minimum absolute atomic E-state index is 0.0533. The molecule has 0 unspecified atom stereocenters. The predicted molar refractivity (Wildman–Crippen MR) is 110 cm³/mol. The molecule has 5 nitrogen and oxygen atoms in total. The highest BCUT2D eigenvalue weighted by molar-refractivity contribution is 5.66. The smallest absolute Gasteiger partial charge is 0.303 e. The number of hydrogen-bond acceptors (Lipinski definition) is 4. The van der Waals surface area contributed by atoms with Gasteiger partial charge in [-0.1, -0.05) is 51.2 Å². The molecule has 162 valence electrons. The van der Waals surface area contributed by atoms with Crippen molar-refractivity contribution in [1.82, 2.24) is 0 Å². The molecule has 0 radical (unpaired) electrons. The van der Waals surface area contributed by atoms with Gasteiger partial charge >= 0.3 is 5.97 Å². The van der Waals surface area contributed by atoms with Crippen molar-refractivity contribution in [3.8, 4) is 0 Å². The van der Waals surface area contributed by atoms with Crippen LogP contribution in [0.3, 0.4) is 0 Å². The topological polar surface area (TPSA) is 87.0 Å². The average Bonchev–Trinajstić information content (AvgIpc) is 2.82. The molecule has 0 bridgehead atoms. The highest BCUT2D eigenvalue weighted by atomic mass is 16.5. The first-order chi connectivity index (χ1) is 13.5. The van der Waals surface area contributed by atoms with Crippen molar-refractivity contribution >= 4 is 5.97 Å². The number of hydrogen-bond donors (Lipinski definition) is 3.